The third kappa shape index (κ3) is 5.43. The van der Waals surface area contributed by atoms with Crippen LogP contribution in [-0.4, -0.2) is 35.1 Å². The fraction of sp³-hybridized carbons (Fsp3) is 0.600. The maximum absolute atomic E-state index is 12.6. The zero-order valence-corrected chi connectivity index (χ0v) is 15.7. The van der Waals surface area contributed by atoms with Gasteiger partial charge in [-0.15, -0.1) is 0 Å². The number of nitrogens with one attached hydrogen (secondary N) is 2. The van der Waals surface area contributed by atoms with Gasteiger partial charge in [0.2, 0.25) is 0 Å². The first-order valence-electron chi connectivity index (χ1n) is 9.65. The van der Waals surface area contributed by atoms with Gasteiger partial charge in [0.1, 0.15) is 0 Å². The fourth-order valence-electron chi connectivity index (χ4n) is 3.76. The van der Waals surface area contributed by atoms with Gasteiger partial charge in [0.05, 0.1) is 0 Å². The van der Waals surface area contributed by atoms with E-state index in [1.54, 1.807) is 0 Å². The summed E-state index contributed by atoms with van der Waals surface area (Å²) in [7, 11) is 0. The first-order chi connectivity index (χ1) is 12.2. The Labute approximate surface area is 156 Å². The van der Waals surface area contributed by atoms with Gasteiger partial charge in [-0.1, -0.05) is 31.4 Å². The van der Waals surface area contributed by atoms with Gasteiger partial charge >= 0.3 is 0 Å². The minimum Gasteiger partial charge on any atom is -0.360 e. The van der Waals surface area contributed by atoms with E-state index in [-0.39, 0.29) is 5.91 Å². The van der Waals surface area contributed by atoms with E-state index in [1.807, 2.05) is 29.2 Å². The van der Waals surface area contributed by atoms with Gasteiger partial charge in [0.25, 0.3) is 5.91 Å². The molecule has 1 saturated heterocycles. The lowest BCUT2D eigenvalue weighted by Gasteiger charge is -2.27. The van der Waals surface area contributed by atoms with Gasteiger partial charge in [0.15, 0.2) is 5.11 Å². The Morgan fingerprint density at radius 2 is 1.80 bits per heavy atom. The third-order valence-electron chi connectivity index (χ3n) is 5.21. The van der Waals surface area contributed by atoms with E-state index in [0.717, 1.165) is 42.2 Å². The molecule has 1 aromatic carbocycles. The fourth-order valence-corrected chi connectivity index (χ4v) is 4.00. The molecule has 1 amide bonds. The van der Waals surface area contributed by atoms with Crippen molar-refractivity contribution in [3.63, 3.8) is 0 Å². The molecule has 1 heterocycles. The van der Waals surface area contributed by atoms with Crippen molar-refractivity contribution in [1.29, 1.82) is 0 Å². The Bertz CT molecular complexity index is 592. The van der Waals surface area contributed by atoms with E-state index in [4.69, 9.17) is 12.2 Å². The smallest absolute Gasteiger partial charge is 0.253 e. The number of hydrogen-bond acceptors (Lipinski definition) is 2. The SMILES string of the molecule is O=C(c1cccc(CNC(=S)NC2CCCCC2)c1)N1CCCCC1. The number of likely N-dealkylation sites (tertiary alicyclic amines) is 1. The minimum atomic E-state index is 0.157. The van der Waals surface area contributed by atoms with Crippen LogP contribution < -0.4 is 10.6 Å². The number of benzene rings is 1. The summed E-state index contributed by atoms with van der Waals surface area (Å²) >= 11 is 5.42. The summed E-state index contributed by atoms with van der Waals surface area (Å²) < 4.78 is 0. The quantitative estimate of drug-likeness (QED) is 0.806. The standard InChI is InChI=1S/C20H29N3OS/c24-19(23-12-5-2-6-13-23)17-9-7-8-16(14-17)15-21-20(25)22-18-10-3-1-4-11-18/h7-9,14,18H,1-6,10-13,15H2,(H2,21,22,25). The molecule has 2 aliphatic rings. The number of carbonyl (C=O) groups is 1. The average Bonchev–Trinajstić information content (AvgIpc) is 2.67. The number of rotatable bonds is 4. The largest absolute Gasteiger partial charge is 0.360 e. The van der Waals surface area contributed by atoms with Crippen LogP contribution in [-0.2, 0) is 6.54 Å². The molecule has 0 bridgehead atoms. The van der Waals surface area contributed by atoms with E-state index in [9.17, 15) is 4.79 Å². The lowest BCUT2D eigenvalue weighted by Crippen LogP contribution is -2.42. The van der Waals surface area contributed by atoms with Crippen LogP contribution in [0.25, 0.3) is 0 Å². The molecule has 1 aliphatic heterocycles. The summed E-state index contributed by atoms with van der Waals surface area (Å²) in [6.07, 6.45) is 9.82. The van der Waals surface area contributed by atoms with Gasteiger partial charge in [0, 0.05) is 31.2 Å². The molecule has 0 unspecified atom stereocenters. The second-order valence-corrected chi connectivity index (χ2v) is 7.62. The highest BCUT2D eigenvalue weighted by Gasteiger charge is 2.18. The van der Waals surface area contributed by atoms with Gasteiger partial charge in [-0.3, -0.25) is 4.79 Å². The molecule has 1 aromatic rings. The number of carbonyl (C=O) groups excluding carboxylic acids is 1. The van der Waals surface area contributed by atoms with Crippen LogP contribution in [0.5, 0.6) is 0 Å². The zero-order valence-electron chi connectivity index (χ0n) is 14.9. The highest BCUT2D eigenvalue weighted by Crippen LogP contribution is 2.17. The van der Waals surface area contributed by atoms with Crippen LogP contribution in [0.3, 0.4) is 0 Å². The Morgan fingerprint density at radius 1 is 1.08 bits per heavy atom. The maximum atomic E-state index is 12.6. The van der Waals surface area contributed by atoms with Crippen LogP contribution in [0.1, 0.15) is 67.3 Å². The lowest BCUT2D eigenvalue weighted by atomic mass is 9.96. The molecule has 0 radical (unpaired) electrons. The van der Waals surface area contributed by atoms with E-state index < -0.39 is 0 Å². The molecule has 25 heavy (non-hydrogen) atoms. The first kappa shape index (κ1) is 18.2. The van der Waals surface area contributed by atoms with E-state index >= 15 is 0 Å². The Hall–Kier alpha value is -1.62. The molecule has 1 aliphatic carbocycles. The molecule has 5 heteroatoms. The lowest BCUT2D eigenvalue weighted by molar-refractivity contribution is 0.0724. The van der Waals surface area contributed by atoms with Crippen LogP contribution in [0.2, 0.25) is 0 Å². The number of amides is 1. The molecule has 4 nitrogen and oxygen atoms in total. The predicted octanol–water partition coefficient (Wildman–Crippen LogP) is 3.61. The molecular weight excluding hydrogens is 330 g/mol. The Morgan fingerprint density at radius 3 is 2.56 bits per heavy atom. The summed E-state index contributed by atoms with van der Waals surface area (Å²) in [5.41, 5.74) is 1.88. The van der Waals surface area contributed by atoms with Crippen LogP contribution in [0.4, 0.5) is 0 Å². The second-order valence-electron chi connectivity index (χ2n) is 7.22. The molecule has 1 saturated carbocycles. The Balaban J connectivity index is 1.50. The van der Waals surface area contributed by atoms with Gasteiger partial charge in [-0.2, -0.15) is 0 Å². The molecule has 0 aromatic heterocycles. The van der Waals surface area contributed by atoms with Gasteiger partial charge in [-0.05, 0) is 62.0 Å². The third-order valence-corrected chi connectivity index (χ3v) is 5.47. The van der Waals surface area contributed by atoms with Crippen LogP contribution in [0, 0.1) is 0 Å². The first-order valence-corrected chi connectivity index (χ1v) is 10.1. The highest BCUT2D eigenvalue weighted by atomic mass is 32.1. The normalized spacial score (nSPS) is 18.6. The zero-order chi connectivity index (χ0) is 17.5. The van der Waals surface area contributed by atoms with E-state index in [1.165, 1.54) is 38.5 Å². The molecule has 3 rings (SSSR count). The van der Waals surface area contributed by atoms with Gasteiger partial charge < -0.3 is 15.5 Å². The number of piperidine rings is 1. The Kier molecular flexibility index (Phi) is 6.68. The monoisotopic (exact) mass is 359 g/mol. The van der Waals surface area contributed by atoms with Crippen molar-refractivity contribution in [2.24, 2.45) is 0 Å². The molecule has 136 valence electrons. The summed E-state index contributed by atoms with van der Waals surface area (Å²) in [6.45, 7) is 2.42. The van der Waals surface area contributed by atoms with Crippen molar-refractivity contribution in [2.75, 3.05) is 13.1 Å². The minimum absolute atomic E-state index is 0.157. The predicted molar refractivity (Wildman–Crippen MR) is 106 cm³/mol. The van der Waals surface area contributed by atoms with Gasteiger partial charge in [-0.25, -0.2) is 0 Å². The average molecular weight is 360 g/mol. The van der Waals surface area contributed by atoms with Crippen molar-refractivity contribution in [1.82, 2.24) is 15.5 Å². The van der Waals surface area contributed by atoms with Crippen molar-refractivity contribution >= 4 is 23.2 Å². The molecular formula is C20H29N3OS. The molecule has 2 fully saturated rings. The molecule has 0 spiro atoms. The molecule has 0 atom stereocenters. The topological polar surface area (TPSA) is 44.4 Å². The number of thiocarbonyl (C=S) groups is 1. The van der Waals surface area contributed by atoms with Crippen molar-refractivity contribution in [3.05, 3.63) is 35.4 Å². The van der Waals surface area contributed by atoms with Crippen molar-refractivity contribution in [3.8, 4) is 0 Å². The van der Waals surface area contributed by atoms with E-state index in [2.05, 4.69) is 10.6 Å². The van der Waals surface area contributed by atoms with Crippen molar-refractivity contribution in [2.45, 2.75) is 64.0 Å². The van der Waals surface area contributed by atoms with Crippen LogP contribution >= 0.6 is 12.2 Å². The second kappa shape index (κ2) is 9.18. The summed E-state index contributed by atoms with van der Waals surface area (Å²) in [6, 6.07) is 8.43. The summed E-state index contributed by atoms with van der Waals surface area (Å²) in [5, 5.41) is 7.43. The summed E-state index contributed by atoms with van der Waals surface area (Å²) in [5.74, 6) is 0.157. The highest BCUT2D eigenvalue weighted by molar-refractivity contribution is 7.80. The number of hydrogen-bond donors (Lipinski definition) is 2. The van der Waals surface area contributed by atoms with Crippen LogP contribution in [0.15, 0.2) is 24.3 Å². The summed E-state index contributed by atoms with van der Waals surface area (Å²) in [4.78, 5) is 14.6. The van der Waals surface area contributed by atoms with Crippen molar-refractivity contribution < 1.29 is 4.79 Å². The molecule has 2 N–H and O–H groups in total. The van der Waals surface area contributed by atoms with E-state index in [0.29, 0.717) is 12.6 Å². The maximum Gasteiger partial charge on any atom is 0.253 e. The number of nitrogens with zero attached hydrogens (tertiary/aromatic N) is 1.